The second kappa shape index (κ2) is 16.1. The van der Waals surface area contributed by atoms with Gasteiger partial charge >= 0.3 is 5.97 Å². The summed E-state index contributed by atoms with van der Waals surface area (Å²) < 4.78 is 0. The second-order valence-corrected chi connectivity index (χ2v) is 5.27. The molecule has 0 aliphatic carbocycles. The normalized spacial score (nSPS) is 9.82. The highest BCUT2D eigenvalue weighted by molar-refractivity contribution is 6.15. The Labute approximate surface area is 168 Å². The number of alkyl halides is 1. The van der Waals surface area contributed by atoms with Crippen molar-refractivity contribution in [1.82, 2.24) is 0 Å². The Hall–Kier alpha value is -3.08. The maximum absolute atomic E-state index is 10.4. The molecule has 0 saturated carbocycles. The number of carbonyl (C=O) groups is 1. The van der Waals surface area contributed by atoms with Gasteiger partial charge in [0.1, 0.15) is 6.04 Å². The van der Waals surface area contributed by atoms with Gasteiger partial charge in [0.15, 0.2) is 0 Å². The standard InChI is InChI=1S/C10H8N2O2.C9H11NO2.CH3Cl/c13-7-11-5-9-2-1-3-10(4-9)6-12-8-14;10-8(9(11)12)6-7-4-2-1-3-5-7;1-2/h1-4H,5-6H2;1-5,8H,6,10H2,(H,11,12);1H3/t;8-;/m.0./s1. The summed E-state index contributed by atoms with van der Waals surface area (Å²) in [6, 6.07) is 15.9. The smallest absolute Gasteiger partial charge is 0.320 e. The van der Waals surface area contributed by atoms with E-state index in [-0.39, 0.29) is 0 Å². The highest BCUT2D eigenvalue weighted by Gasteiger charge is 2.10. The van der Waals surface area contributed by atoms with E-state index in [9.17, 15) is 14.4 Å². The van der Waals surface area contributed by atoms with E-state index in [2.05, 4.69) is 21.6 Å². The first-order valence-electron chi connectivity index (χ1n) is 8.12. The van der Waals surface area contributed by atoms with Crippen LogP contribution >= 0.6 is 11.6 Å². The summed E-state index contributed by atoms with van der Waals surface area (Å²) in [6.45, 7) is 0.615. The molecule has 148 valence electrons. The van der Waals surface area contributed by atoms with Gasteiger partial charge in [-0.1, -0.05) is 54.6 Å². The number of carboxylic acid groups (broad SMARTS) is 1. The van der Waals surface area contributed by atoms with Crippen LogP contribution in [0.2, 0.25) is 0 Å². The van der Waals surface area contributed by atoms with E-state index in [1.165, 1.54) is 18.5 Å². The molecule has 1 atom stereocenters. The number of benzene rings is 2. The quantitative estimate of drug-likeness (QED) is 0.418. The summed E-state index contributed by atoms with van der Waals surface area (Å²) in [5.41, 5.74) is 8.09. The Morgan fingerprint density at radius 2 is 1.43 bits per heavy atom. The summed E-state index contributed by atoms with van der Waals surface area (Å²) in [7, 11) is 0. The highest BCUT2D eigenvalue weighted by atomic mass is 35.5. The third-order valence-corrected chi connectivity index (χ3v) is 3.26. The summed E-state index contributed by atoms with van der Waals surface area (Å²) in [5, 5.41) is 8.52. The summed E-state index contributed by atoms with van der Waals surface area (Å²) in [4.78, 5) is 37.0. The number of isocyanates is 2. The predicted octanol–water partition coefficient (Wildman–Crippen LogP) is 2.85. The maximum atomic E-state index is 10.4. The zero-order valence-electron chi connectivity index (χ0n) is 15.4. The van der Waals surface area contributed by atoms with E-state index in [0.717, 1.165) is 16.7 Å². The minimum Gasteiger partial charge on any atom is -0.480 e. The zero-order chi connectivity index (χ0) is 21.2. The number of aliphatic carboxylic acids is 1. The van der Waals surface area contributed by atoms with E-state index in [0.29, 0.717) is 19.5 Å². The predicted molar refractivity (Wildman–Crippen MR) is 108 cm³/mol. The van der Waals surface area contributed by atoms with Crippen molar-refractivity contribution in [2.24, 2.45) is 15.7 Å². The number of aliphatic imine (C=N–C) groups is 2. The van der Waals surface area contributed by atoms with Crippen LogP contribution in [0.15, 0.2) is 64.6 Å². The highest BCUT2D eigenvalue weighted by Crippen LogP contribution is 2.07. The minimum absolute atomic E-state index is 0.308. The summed E-state index contributed by atoms with van der Waals surface area (Å²) in [6.07, 6.45) is 4.79. The van der Waals surface area contributed by atoms with Gasteiger partial charge in [-0.3, -0.25) is 4.79 Å². The van der Waals surface area contributed by atoms with E-state index in [1.807, 2.05) is 54.6 Å². The van der Waals surface area contributed by atoms with Crippen molar-refractivity contribution in [1.29, 1.82) is 0 Å². The molecular weight excluding hydrogens is 382 g/mol. The van der Waals surface area contributed by atoms with Gasteiger partial charge < -0.3 is 10.8 Å². The molecule has 0 radical (unpaired) electrons. The fourth-order valence-corrected chi connectivity index (χ4v) is 2.03. The fourth-order valence-electron chi connectivity index (χ4n) is 2.03. The van der Waals surface area contributed by atoms with Crippen molar-refractivity contribution < 1.29 is 19.5 Å². The first-order valence-corrected chi connectivity index (χ1v) is 8.87. The van der Waals surface area contributed by atoms with Crippen molar-refractivity contribution in [3.63, 3.8) is 0 Å². The topological polar surface area (TPSA) is 122 Å². The third-order valence-electron chi connectivity index (χ3n) is 3.26. The molecule has 0 bridgehead atoms. The molecule has 28 heavy (non-hydrogen) atoms. The van der Waals surface area contributed by atoms with Crippen LogP contribution < -0.4 is 5.73 Å². The van der Waals surface area contributed by atoms with Gasteiger partial charge in [-0.15, -0.1) is 11.6 Å². The molecular formula is C20H22ClN3O4. The van der Waals surface area contributed by atoms with Crippen LogP contribution in [-0.2, 0) is 33.9 Å². The summed E-state index contributed by atoms with van der Waals surface area (Å²) >= 11 is 4.64. The molecule has 7 nitrogen and oxygen atoms in total. The lowest BCUT2D eigenvalue weighted by atomic mass is 10.1. The Bertz CT molecular complexity index is 767. The molecule has 0 unspecified atom stereocenters. The van der Waals surface area contributed by atoms with Crippen molar-refractivity contribution in [2.75, 3.05) is 6.38 Å². The molecule has 0 heterocycles. The van der Waals surface area contributed by atoms with Crippen molar-refractivity contribution >= 4 is 29.7 Å². The van der Waals surface area contributed by atoms with Crippen molar-refractivity contribution in [3.8, 4) is 0 Å². The molecule has 2 rings (SSSR count). The fraction of sp³-hybridized carbons (Fsp3) is 0.250. The first kappa shape index (κ1) is 24.9. The molecule has 0 amide bonds. The lowest BCUT2D eigenvalue weighted by molar-refractivity contribution is -0.138. The van der Waals surface area contributed by atoms with Crippen molar-refractivity contribution in [3.05, 3.63) is 71.3 Å². The van der Waals surface area contributed by atoms with Gasteiger partial charge in [0, 0.05) is 6.38 Å². The molecule has 0 fully saturated rings. The number of carboxylic acids is 1. The van der Waals surface area contributed by atoms with Crippen LogP contribution in [0.3, 0.4) is 0 Å². The average molecular weight is 404 g/mol. The molecule has 0 aromatic heterocycles. The van der Waals surface area contributed by atoms with E-state index in [4.69, 9.17) is 10.8 Å². The van der Waals surface area contributed by atoms with Gasteiger partial charge in [-0.05, 0) is 23.1 Å². The number of nitrogens with zero attached hydrogens (tertiary/aromatic N) is 2. The van der Waals surface area contributed by atoms with E-state index < -0.39 is 12.0 Å². The van der Waals surface area contributed by atoms with Gasteiger partial charge in [0.05, 0.1) is 13.1 Å². The number of hydrogen-bond donors (Lipinski definition) is 2. The minimum atomic E-state index is -0.959. The van der Waals surface area contributed by atoms with Crippen LogP contribution in [0.1, 0.15) is 16.7 Å². The largest absolute Gasteiger partial charge is 0.480 e. The molecule has 0 saturated heterocycles. The van der Waals surface area contributed by atoms with Crippen LogP contribution in [-0.4, -0.2) is 35.7 Å². The van der Waals surface area contributed by atoms with Crippen LogP contribution in [0.4, 0.5) is 0 Å². The number of nitrogens with two attached hydrogens (primary N) is 1. The lowest BCUT2D eigenvalue weighted by Gasteiger charge is -2.04. The Balaban J connectivity index is 0.000000483. The number of halogens is 1. The lowest BCUT2D eigenvalue weighted by Crippen LogP contribution is -2.32. The van der Waals surface area contributed by atoms with Gasteiger partial charge in [0.25, 0.3) is 0 Å². The van der Waals surface area contributed by atoms with Gasteiger partial charge in [-0.25, -0.2) is 19.6 Å². The molecule has 8 heteroatoms. The molecule has 0 spiro atoms. The van der Waals surface area contributed by atoms with E-state index in [1.54, 1.807) is 0 Å². The van der Waals surface area contributed by atoms with Crippen LogP contribution in [0.25, 0.3) is 0 Å². The summed E-state index contributed by atoms with van der Waals surface area (Å²) in [5.74, 6) is -0.959. The van der Waals surface area contributed by atoms with E-state index >= 15 is 0 Å². The molecule has 0 aliphatic heterocycles. The Morgan fingerprint density at radius 3 is 1.86 bits per heavy atom. The molecule has 2 aromatic carbocycles. The SMILES string of the molecule is CCl.N[C@@H](Cc1ccccc1)C(=O)O.O=C=NCc1cccc(CN=C=O)c1. The molecule has 3 N–H and O–H groups in total. The van der Waals surface area contributed by atoms with Crippen LogP contribution in [0, 0.1) is 0 Å². The molecule has 2 aromatic rings. The van der Waals surface area contributed by atoms with Crippen LogP contribution in [0.5, 0.6) is 0 Å². The van der Waals surface area contributed by atoms with Gasteiger partial charge in [0.2, 0.25) is 12.2 Å². The first-order chi connectivity index (χ1) is 13.6. The van der Waals surface area contributed by atoms with Gasteiger partial charge in [-0.2, -0.15) is 0 Å². The number of rotatable bonds is 7. The maximum Gasteiger partial charge on any atom is 0.320 e. The Kier molecular flexibility index (Phi) is 14.3. The second-order valence-electron chi connectivity index (χ2n) is 5.27. The van der Waals surface area contributed by atoms with Crippen molar-refractivity contribution in [2.45, 2.75) is 25.6 Å². The zero-order valence-corrected chi connectivity index (χ0v) is 16.2. The monoisotopic (exact) mass is 403 g/mol. The Morgan fingerprint density at radius 1 is 0.964 bits per heavy atom. The number of hydrogen-bond acceptors (Lipinski definition) is 6. The number of carbonyl (C=O) groups excluding carboxylic acids is 2. The average Bonchev–Trinajstić information content (AvgIpc) is 2.73. The molecule has 0 aliphatic rings. The third kappa shape index (κ3) is 11.5.